The third-order valence-corrected chi connectivity index (χ3v) is 8.08. The third-order valence-electron chi connectivity index (χ3n) is 8.08. The Bertz CT molecular complexity index is 608. The summed E-state index contributed by atoms with van der Waals surface area (Å²) in [6, 6.07) is 0. The average molecular weight is 513 g/mol. The molecular formula is C30H56O6. The molecule has 1 N–H and O–H groups in total. The van der Waals surface area contributed by atoms with Gasteiger partial charge in [0.2, 0.25) is 0 Å². The highest BCUT2D eigenvalue weighted by atomic mass is 16.8. The number of aliphatic hydroxyl groups excluding tert-OH is 1. The lowest BCUT2D eigenvalue weighted by molar-refractivity contribution is -0.182. The second kappa shape index (κ2) is 14.8. The van der Waals surface area contributed by atoms with E-state index in [9.17, 15) is 5.11 Å². The molecular weight excluding hydrogens is 456 g/mol. The maximum absolute atomic E-state index is 11.0. The van der Waals surface area contributed by atoms with Crippen LogP contribution >= 0.6 is 0 Å². The van der Waals surface area contributed by atoms with Crippen LogP contribution in [0.15, 0.2) is 0 Å². The molecule has 3 aliphatic heterocycles. The van der Waals surface area contributed by atoms with Gasteiger partial charge in [-0.25, -0.2) is 0 Å². The first kappa shape index (κ1) is 30.3. The van der Waals surface area contributed by atoms with Crippen LogP contribution in [0.2, 0.25) is 0 Å². The van der Waals surface area contributed by atoms with Crippen LogP contribution in [0.25, 0.3) is 0 Å². The number of ether oxygens (including phenoxy) is 5. The zero-order chi connectivity index (χ0) is 26.0. The number of unbranched alkanes of at least 4 members (excludes halogenated alkanes) is 9. The van der Waals surface area contributed by atoms with Crippen molar-refractivity contribution in [3.05, 3.63) is 0 Å². The van der Waals surface area contributed by atoms with Gasteiger partial charge in [0.15, 0.2) is 11.6 Å². The summed E-state index contributed by atoms with van der Waals surface area (Å²) >= 11 is 0. The van der Waals surface area contributed by atoms with Crippen molar-refractivity contribution in [3.63, 3.8) is 0 Å². The molecule has 3 rings (SSSR count). The fourth-order valence-electron chi connectivity index (χ4n) is 6.09. The van der Waals surface area contributed by atoms with Crippen LogP contribution in [-0.4, -0.2) is 59.9 Å². The van der Waals surface area contributed by atoms with Crippen molar-refractivity contribution in [2.75, 3.05) is 6.61 Å². The highest BCUT2D eigenvalue weighted by Gasteiger charge is 2.43. The first-order valence-corrected chi connectivity index (χ1v) is 15.2. The fraction of sp³-hybridized carbons (Fsp3) is 1.00. The molecule has 212 valence electrons. The third kappa shape index (κ3) is 10.1. The molecule has 3 aliphatic rings. The minimum absolute atomic E-state index is 0.00531. The standard InChI is InChI=1S/C30H56O6/c1-6-7-8-9-10-11-12-13-14-15-17-26-27(35-30(4,5)34-26)21-20-23(31)24-18-16-19-25(33-24)28-22-32-29(2,3)36-28/h23-28,31H,6-22H2,1-5H3/t23-,24-,25+,26-,27-,28-/m1/s1. The number of hydrogen-bond donors (Lipinski definition) is 1. The minimum atomic E-state index is -0.546. The van der Waals surface area contributed by atoms with Gasteiger partial charge < -0.3 is 28.8 Å². The van der Waals surface area contributed by atoms with Crippen molar-refractivity contribution in [1.82, 2.24) is 0 Å². The summed E-state index contributed by atoms with van der Waals surface area (Å²) < 4.78 is 30.6. The van der Waals surface area contributed by atoms with Crippen LogP contribution in [-0.2, 0) is 23.7 Å². The molecule has 6 heteroatoms. The topological polar surface area (TPSA) is 66.4 Å². The first-order chi connectivity index (χ1) is 17.2. The Labute approximate surface area is 221 Å². The van der Waals surface area contributed by atoms with Crippen molar-refractivity contribution >= 4 is 0 Å². The van der Waals surface area contributed by atoms with Crippen LogP contribution in [0.1, 0.15) is 137 Å². The van der Waals surface area contributed by atoms with E-state index in [1.54, 1.807) is 0 Å². The average Bonchev–Trinajstić information content (AvgIpc) is 3.36. The van der Waals surface area contributed by atoms with Crippen molar-refractivity contribution in [3.8, 4) is 0 Å². The van der Waals surface area contributed by atoms with Gasteiger partial charge in [-0.05, 0) is 66.2 Å². The zero-order valence-corrected chi connectivity index (χ0v) is 24.0. The predicted octanol–water partition coefficient (Wildman–Crippen LogP) is 7.05. The lowest BCUT2D eigenvalue weighted by Crippen LogP contribution is -2.43. The molecule has 0 radical (unpaired) electrons. The summed E-state index contributed by atoms with van der Waals surface area (Å²) in [6.07, 6.45) is 18.3. The minimum Gasteiger partial charge on any atom is -0.390 e. The van der Waals surface area contributed by atoms with Gasteiger partial charge in [-0.2, -0.15) is 0 Å². The Balaban J connectivity index is 1.33. The smallest absolute Gasteiger partial charge is 0.163 e. The Morgan fingerprint density at radius 3 is 1.94 bits per heavy atom. The summed E-state index contributed by atoms with van der Waals surface area (Å²) in [4.78, 5) is 0. The van der Waals surface area contributed by atoms with Crippen LogP contribution in [0, 0.1) is 0 Å². The van der Waals surface area contributed by atoms with E-state index in [1.165, 1.54) is 64.2 Å². The Morgan fingerprint density at radius 1 is 0.722 bits per heavy atom. The Kier molecular flexibility index (Phi) is 12.4. The summed E-state index contributed by atoms with van der Waals surface area (Å²) in [5.74, 6) is -1.09. The lowest BCUT2D eigenvalue weighted by Gasteiger charge is -2.35. The van der Waals surface area contributed by atoms with Gasteiger partial charge in [-0.3, -0.25) is 0 Å². The van der Waals surface area contributed by atoms with Gasteiger partial charge in [-0.15, -0.1) is 0 Å². The Morgan fingerprint density at radius 2 is 1.33 bits per heavy atom. The molecule has 3 heterocycles. The summed E-state index contributed by atoms with van der Waals surface area (Å²) in [5, 5.41) is 11.0. The lowest BCUT2D eigenvalue weighted by atomic mass is 9.94. The van der Waals surface area contributed by atoms with Gasteiger partial charge in [0.25, 0.3) is 0 Å². The van der Waals surface area contributed by atoms with E-state index < -0.39 is 17.7 Å². The second-order valence-electron chi connectivity index (χ2n) is 12.3. The molecule has 0 amide bonds. The van der Waals surface area contributed by atoms with Crippen LogP contribution in [0.4, 0.5) is 0 Å². The molecule has 0 bridgehead atoms. The fourth-order valence-corrected chi connectivity index (χ4v) is 6.09. The van der Waals surface area contributed by atoms with E-state index in [4.69, 9.17) is 23.7 Å². The van der Waals surface area contributed by atoms with E-state index in [0.717, 1.165) is 32.1 Å². The van der Waals surface area contributed by atoms with E-state index in [1.807, 2.05) is 27.7 Å². The molecule has 0 aromatic carbocycles. The number of aliphatic hydroxyl groups is 1. The van der Waals surface area contributed by atoms with E-state index >= 15 is 0 Å². The van der Waals surface area contributed by atoms with Crippen LogP contribution < -0.4 is 0 Å². The first-order valence-electron chi connectivity index (χ1n) is 15.2. The monoisotopic (exact) mass is 512 g/mol. The van der Waals surface area contributed by atoms with Gasteiger partial charge in [0.1, 0.15) is 6.10 Å². The summed E-state index contributed by atoms with van der Waals surface area (Å²) in [5.41, 5.74) is 0. The van der Waals surface area contributed by atoms with Gasteiger partial charge in [-0.1, -0.05) is 71.1 Å². The molecule has 0 saturated carbocycles. The molecule has 6 atom stereocenters. The van der Waals surface area contributed by atoms with Crippen molar-refractivity contribution in [2.45, 2.75) is 186 Å². The van der Waals surface area contributed by atoms with Gasteiger partial charge in [0.05, 0.1) is 37.1 Å². The molecule has 3 fully saturated rings. The molecule has 0 aromatic rings. The number of rotatable bonds is 16. The number of hydrogen-bond acceptors (Lipinski definition) is 6. The molecule has 0 aliphatic carbocycles. The quantitative estimate of drug-likeness (QED) is 0.224. The van der Waals surface area contributed by atoms with Crippen molar-refractivity contribution in [2.24, 2.45) is 0 Å². The summed E-state index contributed by atoms with van der Waals surface area (Å²) in [7, 11) is 0. The zero-order valence-electron chi connectivity index (χ0n) is 24.0. The largest absolute Gasteiger partial charge is 0.390 e. The highest BCUT2D eigenvalue weighted by molar-refractivity contribution is 4.87. The van der Waals surface area contributed by atoms with Crippen LogP contribution in [0.5, 0.6) is 0 Å². The predicted molar refractivity (Wildman–Crippen MR) is 143 cm³/mol. The van der Waals surface area contributed by atoms with Crippen LogP contribution in [0.3, 0.4) is 0 Å². The maximum atomic E-state index is 11.0. The molecule has 0 spiro atoms. The SMILES string of the molecule is CCCCCCCCCCCC[C@H]1OC(C)(C)O[C@@H]1CC[C@@H](O)[C@H]1CCC[C@@H]([C@H]2COC(C)(C)O2)O1. The molecule has 3 saturated heterocycles. The maximum Gasteiger partial charge on any atom is 0.163 e. The second-order valence-corrected chi connectivity index (χ2v) is 12.3. The highest BCUT2D eigenvalue weighted by Crippen LogP contribution is 2.35. The molecule has 6 nitrogen and oxygen atoms in total. The van der Waals surface area contributed by atoms with E-state index in [2.05, 4.69) is 6.92 Å². The molecule has 0 aromatic heterocycles. The normalized spacial score (nSPS) is 32.7. The van der Waals surface area contributed by atoms with Gasteiger partial charge in [0, 0.05) is 0 Å². The van der Waals surface area contributed by atoms with Crippen molar-refractivity contribution in [1.29, 1.82) is 0 Å². The van der Waals surface area contributed by atoms with Gasteiger partial charge >= 0.3 is 0 Å². The van der Waals surface area contributed by atoms with E-state index in [0.29, 0.717) is 13.0 Å². The molecule has 0 unspecified atom stereocenters. The molecule has 36 heavy (non-hydrogen) atoms. The van der Waals surface area contributed by atoms with Crippen molar-refractivity contribution < 1.29 is 28.8 Å². The Hall–Kier alpha value is -0.240. The summed E-state index contributed by atoms with van der Waals surface area (Å²) in [6.45, 7) is 10.7. The van der Waals surface area contributed by atoms with E-state index in [-0.39, 0.29) is 30.5 Å².